The lowest BCUT2D eigenvalue weighted by Gasteiger charge is -2.34. The van der Waals surface area contributed by atoms with Gasteiger partial charge in [-0.05, 0) is 64.0 Å². The van der Waals surface area contributed by atoms with Crippen LogP contribution >= 0.6 is 0 Å². The minimum Gasteiger partial charge on any atom is -0.455 e. The predicted octanol–water partition coefficient (Wildman–Crippen LogP) is 5.25. The van der Waals surface area contributed by atoms with E-state index < -0.39 is 16.6 Å². The maximum absolute atomic E-state index is 11.6. The smallest absolute Gasteiger partial charge is 0.407 e. The molecule has 172 valence electrons. The molecule has 0 aliphatic carbocycles. The summed E-state index contributed by atoms with van der Waals surface area (Å²) in [6.45, 7) is 15.3. The molecular formula is C20H44N2O5Si2. The van der Waals surface area contributed by atoms with Gasteiger partial charge in [-0.1, -0.05) is 26.7 Å². The first-order chi connectivity index (χ1) is 13.6. The van der Waals surface area contributed by atoms with Gasteiger partial charge in [0, 0.05) is 13.1 Å². The van der Waals surface area contributed by atoms with Gasteiger partial charge < -0.3 is 24.2 Å². The molecule has 0 unspecified atom stereocenters. The lowest BCUT2D eigenvalue weighted by molar-refractivity contribution is 0.145. The molecule has 0 aromatic rings. The van der Waals surface area contributed by atoms with Crippen LogP contribution in [0.5, 0.6) is 0 Å². The Balaban J connectivity index is 3.97. The number of hydrogen-bond acceptors (Lipinski definition) is 5. The van der Waals surface area contributed by atoms with E-state index >= 15 is 0 Å². The third kappa shape index (κ3) is 17.5. The van der Waals surface area contributed by atoms with E-state index in [0.29, 0.717) is 26.3 Å². The largest absolute Gasteiger partial charge is 0.455 e. The Morgan fingerprint density at radius 3 is 1.41 bits per heavy atom. The van der Waals surface area contributed by atoms with Crippen LogP contribution in [0.1, 0.15) is 52.4 Å². The SMILES string of the molecule is CCCCNC(=O)OCCC[Si](C)(C)O[Si](C)(C)CCCOC(=O)NCCCC. The summed E-state index contributed by atoms with van der Waals surface area (Å²) in [6.07, 6.45) is 5.04. The molecule has 0 heterocycles. The van der Waals surface area contributed by atoms with Crippen molar-refractivity contribution < 1.29 is 23.2 Å². The fraction of sp³-hybridized carbons (Fsp3) is 0.900. The topological polar surface area (TPSA) is 85.9 Å². The first kappa shape index (κ1) is 27.9. The summed E-state index contributed by atoms with van der Waals surface area (Å²) < 4.78 is 17.0. The lowest BCUT2D eigenvalue weighted by atomic mass is 10.3. The van der Waals surface area contributed by atoms with Gasteiger partial charge in [0.25, 0.3) is 0 Å². The zero-order valence-electron chi connectivity index (χ0n) is 19.5. The summed E-state index contributed by atoms with van der Waals surface area (Å²) in [5, 5.41) is 5.51. The van der Waals surface area contributed by atoms with Crippen molar-refractivity contribution in [1.82, 2.24) is 10.6 Å². The fourth-order valence-corrected chi connectivity index (χ4v) is 11.8. The second-order valence-electron chi connectivity index (χ2n) is 8.66. The molecule has 0 spiro atoms. The first-order valence-corrected chi connectivity index (χ1v) is 17.4. The van der Waals surface area contributed by atoms with Crippen molar-refractivity contribution in [3.63, 3.8) is 0 Å². The molecule has 0 aromatic heterocycles. The quantitative estimate of drug-likeness (QED) is 0.249. The molecule has 2 amide bonds. The van der Waals surface area contributed by atoms with E-state index in [2.05, 4.69) is 50.7 Å². The van der Waals surface area contributed by atoms with Crippen LogP contribution in [-0.2, 0) is 13.6 Å². The molecule has 0 radical (unpaired) electrons. The predicted molar refractivity (Wildman–Crippen MR) is 123 cm³/mol. The van der Waals surface area contributed by atoms with Crippen LogP contribution in [0.2, 0.25) is 38.3 Å². The van der Waals surface area contributed by atoms with Crippen LogP contribution in [0.4, 0.5) is 9.59 Å². The van der Waals surface area contributed by atoms with Gasteiger partial charge in [-0.3, -0.25) is 0 Å². The molecule has 0 saturated carbocycles. The van der Waals surface area contributed by atoms with Gasteiger partial charge in [-0.2, -0.15) is 0 Å². The fourth-order valence-electron chi connectivity index (χ4n) is 3.01. The van der Waals surface area contributed by atoms with E-state index in [4.69, 9.17) is 13.6 Å². The third-order valence-corrected chi connectivity index (χ3v) is 12.0. The number of carbonyl (C=O) groups is 2. The maximum atomic E-state index is 11.6. The number of unbranched alkanes of at least 4 members (excludes halogenated alkanes) is 2. The first-order valence-electron chi connectivity index (χ1n) is 11.1. The summed E-state index contributed by atoms with van der Waals surface area (Å²) >= 11 is 0. The minimum atomic E-state index is -1.82. The van der Waals surface area contributed by atoms with E-state index in [9.17, 15) is 9.59 Å². The van der Waals surface area contributed by atoms with Crippen molar-refractivity contribution in [2.45, 2.75) is 90.6 Å². The number of amides is 2. The number of ether oxygens (including phenoxy) is 2. The van der Waals surface area contributed by atoms with Gasteiger partial charge in [-0.25, -0.2) is 9.59 Å². The Morgan fingerprint density at radius 1 is 0.690 bits per heavy atom. The average molecular weight is 449 g/mol. The zero-order chi connectivity index (χ0) is 22.2. The number of hydrogen-bond donors (Lipinski definition) is 2. The normalized spacial score (nSPS) is 11.8. The van der Waals surface area contributed by atoms with E-state index in [-0.39, 0.29) is 12.2 Å². The molecule has 0 saturated heterocycles. The molecule has 0 aliphatic heterocycles. The van der Waals surface area contributed by atoms with Crippen molar-refractivity contribution >= 4 is 28.8 Å². The highest BCUT2D eigenvalue weighted by atomic mass is 28.4. The monoisotopic (exact) mass is 448 g/mol. The van der Waals surface area contributed by atoms with Gasteiger partial charge in [0.15, 0.2) is 16.6 Å². The van der Waals surface area contributed by atoms with Crippen LogP contribution in [0.25, 0.3) is 0 Å². The molecule has 0 aromatic carbocycles. The summed E-state index contributed by atoms with van der Waals surface area (Å²) in [6, 6.07) is 1.92. The Hall–Kier alpha value is -1.07. The molecule has 29 heavy (non-hydrogen) atoms. The minimum absolute atomic E-state index is 0.327. The number of alkyl carbamates (subject to hydrolysis) is 2. The van der Waals surface area contributed by atoms with E-state index in [1.54, 1.807) is 0 Å². The van der Waals surface area contributed by atoms with Gasteiger partial charge in [0.1, 0.15) is 0 Å². The molecule has 2 N–H and O–H groups in total. The lowest BCUT2D eigenvalue weighted by Crippen LogP contribution is -2.44. The Kier molecular flexibility index (Phi) is 15.2. The summed E-state index contributed by atoms with van der Waals surface area (Å²) in [7, 11) is -3.63. The molecule has 0 fully saturated rings. The number of nitrogens with one attached hydrogen (secondary N) is 2. The average Bonchev–Trinajstić information content (AvgIpc) is 2.62. The highest BCUT2D eigenvalue weighted by molar-refractivity contribution is 6.84. The molecule has 0 rings (SSSR count). The van der Waals surface area contributed by atoms with Crippen LogP contribution in [0.3, 0.4) is 0 Å². The van der Waals surface area contributed by atoms with Crippen LogP contribution in [0, 0.1) is 0 Å². The summed E-state index contributed by atoms with van der Waals surface area (Å²) in [5.74, 6) is 0. The van der Waals surface area contributed by atoms with Gasteiger partial charge in [-0.15, -0.1) is 0 Å². The second kappa shape index (κ2) is 15.7. The van der Waals surface area contributed by atoms with Crippen molar-refractivity contribution in [2.24, 2.45) is 0 Å². The Morgan fingerprint density at radius 2 is 1.07 bits per heavy atom. The summed E-state index contributed by atoms with van der Waals surface area (Å²) in [4.78, 5) is 23.1. The van der Waals surface area contributed by atoms with Gasteiger partial charge in [0.05, 0.1) is 13.2 Å². The van der Waals surface area contributed by atoms with Crippen molar-refractivity contribution in [3.05, 3.63) is 0 Å². The highest BCUT2D eigenvalue weighted by Gasteiger charge is 2.32. The molecule has 0 atom stereocenters. The van der Waals surface area contributed by atoms with Gasteiger partial charge in [0.2, 0.25) is 0 Å². The van der Waals surface area contributed by atoms with E-state index in [0.717, 1.165) is 50.6 Å². The van der Waals surface area contributed by atoms with Crippen LogP contribution < -0.4 is 10.6 Å². The Labute approximate surface area is 179 Å². The molecular weight excluding hydrogens is 404 g/mol. The van der Waals surface area contributed by atoms with Crippen molar-refractivity contribution in [2.75, 3.05) is 26.3 Å². The van der Waals surface area contributed by atoms with Crippen LogP contribution in [0.15, 0.2) is 0 Å². The van der Waals surface area contributed by atoms with Crippen molar-refractivity contribution in [3.8, 4) is 0 Å². The highest BCUT2D eigenvalue weighted by Crippen LogP contribution is 2.23. The Bertz CT molecular complexity index is 422. The molecule has 0 aliphatic rings. The standard InChI is InChI=1S/C20H44N2O5Si2/c1-7-9-13-21-19(23)25-15-11-17-28(3,4)27-29(5,6)18-12-16-26-20(24)22-14-10-8-2/h7-18H2,1-6H3,(H,21,23)(H,22,24). The molecule has 9 heteroatoms. The second-order valence-corrected chi connectivity index (χ2v) is 17.5. The third-order valence-electron chi connectivity index (χ3n) is 4.46. The zero-order valence-corrected chi connectivity index (χ0v) is 21.5. The summed E-state index contributed by atoms with van der Waals surface area (Å²) in [5.41, 5.74) is 0. The molecule has 0 bridgehead atoms. The van der Waals surface area contributed by atoms with E-state index in [1.807, 2.05) is 0 Å². The van der Waals surface area contributed by atoms with Crippen molar-refractivity contribution in [1.29, 1.82) is 0 Å². The van der Waals surface area contributed by atoms with Crippen LogP contribution in [-0.4, -0.2) is 55.1 Å². The molecule has 7 nitrogen and oxygen atoms in total. The maximum Gasteiger partial charge on any atom is 0.407 e. The number of carbonyl (C=O) groups excluding carboxylic acids is 2. The number of rotatable bonds is 16. The van der Waals surface area contributed by atoms with Gasteiger partial charge >= 0.3 is 12.2 Å². The van der Waals surface area contributed by atoms with E-state index in [1.165, 1.54) is 0 Å².